The van der Waals surface area contributed by atoms with Crippen molar-refractivity contribution in [2.45, 2.75) is 205 Å². The molecule has 0 amide bonds. The molecule has 93 heavy (non-hydrogen) atoms. The Morgan fingerprint density at radius 3 is 1.67 bits per heavy atom. The molecule has 4 aromatic rings. The lowest BCUT2D eigenvalue weighted by Gasteiger charge is -2.53. The molecule has 5 saturated heterocycles. The van der Waals surface area contributed by atoms with Crippen molar-refractivity contribution in [3.63, 3.8) is 0 Å². The maximum atomic E-state index is 13.9. The van der Waals surface area contributed by atoms with E-state index >= 15 is 0 Å². The van der Waals surface area contributed by atoms with Crippen LogP contribution >= 0.6 is 18.5 Å². The lowest BCUT2D eigenvalue weighted by atomic mass is 9.81. The van der Waals surface area contributed by atoms with Gasteiger partial charge in [-0.15, -0.1) is 18.5 Å². The van der Waals surface area contributed by atoms with Gasteiger partial charge in [0.05, 0.1) is 74.6 Å². The van der Waals surface area contributed by atoms with E-state index in [4.69, 9.17) is 66.3 Å². The number of hydrogen-bond acceptors (Lipinski definition) is 21. The fourth-order valence-corrected chi connectivity index (χ4v) is 13.8. The van der Waals surface area contributed by atoms with E-state index in [-0.39, 0.29) is 61.7 Å². The van der Waals surface area contributed by atoms with Crippen LogP contribution < -0.4 is 15.4 Å². The number of para-hydroxylation sites is 1. The lowest BCUT2D eigenvalue weighted by molar-refractivity contribution is -0.359. The highest BCUT2D eigenvalue weighted by Crippen LogP contribution is 2.43. The summed E-state index contributed by atoms with van der Waals surface area (Å²) < 4.78 is 112. The quantitative estimate of drug-likeness (QED) is 0.0305. The average Bonchev–Trinajstić information content (AvgIpc) is 0.738. The molecule has 27 atom stereocenters. The van der Waals surface area contributed by atoms with E-state index in [1.807, 2.05) is 95.3 Å². The minimum Gasteiger partial charge on any atom is -0.456 e. The van der Waals surface area contributed by atoms with Gasteiger partial charge in [0.1, 0.15) is 38.6 Å². The highest BCUT2D eigenvalue weighted by Gasteiger charge is 2.60. The minimum absolute atomic E-state index is 0.0621. The van der Waals surface area contributed by atoms with E-state index in [9.17, 15) is 27.1 Å². The number of ether oxygens (including phenoxy) is 14. The maximum Gasteiger partial charge on any atom is 0.343 e. The van der Waals surface area contributed by atoms with Gasteiger partial charge in [0, 0.05) is 37.2 Å². The molecule has 0 spiro atoms. The molecular weight excluding hydrogens is 1230 g/mol. The summed E-state index contributed by atoms with van der Waals surface area (Å²) in [6.07, 6.45) is -17.0. The standard InChI is InChI=1S/C70H96N2O19P2/c1-38-39(2)59(79-33-49-26-18-13-19-27-49)68(85-52(38)34-78-32-48-24-16-12-17-25-48)80-35-53-58(43(6)55(72-37-93)67(86-53)91-61-46(9)81-63(70(11,77)62(61)83-47(10)74)65(76)84-51-30-22-15-23-31-51)90-66-54(71-36-92)42(5)57(45(8)82-66)89-69-60(41(4)40(3)56(88-69)44(7)73)87-64(75)50-28-20-14-21-29-50/h12-31,38-43,45-46,52-63,66-69,71-72,77H,32-37,92-93H2,1-11H3/t38-,39+,40-,41+,42-,43-,45?,46+,52?,53?,54?,55?,56?,57-,58-,59?,60?,61?,62-,63?,66+,67+,68-,69+,70+/m1/s1/i/hT2. The Kier molecular flexibility index (Phi) is 25.1. The van der Waals surface area contributed by atoms with Gasteiger partial charge in [0.25, 0.3) is 0 Å². The molecule has 3 N–H and O–H groups in total. The van der Waals surface area contributed by atoms with Gasteiger partial charge in [-0.1, -0.05) is 139 Å². The van der Waals surface area contributed by atoms with Crippen molar-refractivity contribution in [2.24, 2.45) is 35.5 Å². The molecule has 0 aliphatic carbocycles. The van der Waals surface area contributed by atoms with Gasteiger partial charge in [0.2, 0.25) is 0 Å². The van der Waals surface area contributed by atoms with E-state index in [1.165, 1.54) is 31.4 Å². The number of carbonyl (C=O) groups excluding carboxylic acids is 4. The van der Waals surface area contributed by atoms with Gasteiger partial charge in [0.15, 0.2) is 49.3 Å². The Morgan fingerprint density at radius 1 is 0.538 bits per heavy atom. The lowest BCUT2D eigenvalue weighted by Crippen LogP contribution is -2.70. The zero-order valence-corrected chi connectivity index (χ0v) is 57.3. The number of hydrogen-bond donors (Lipinski definition) is 3. The number of ketones is 1. The highest BCUT2D eigenvalue weighted by atomic mass is 31.0. The normalized spacial score (nSPS) is 37.5. The number of benzene rings is 4. The molecule has 5 aliphatic rings. The Bertz CT molecular complexity index is 3080. The summed E-state index contributed by atoms with van der Waals surface area (Å²) in [5.41, 5.74) is 0.0194. The van der Waals surface area contributed by atoms with E-state index < -0.39 is 152 Å². The molecule has 21 nitrogen and oxygen atoms in total. The van der Waals surface area contributed by atoms with Crippen LogP contribution in [0.3, 0.4) is 0 Å². The third-order valence-corrected chi connectivity index (χ3v) is 19.4. The van der Waals surface area contributed by atoms with Crippen molar-refractivity contribution >= 4 is 42.2 Å². The molecule has 9 rings (SSSR count). The summed E-state index contributed by atoms with van der Waals surface area (Å²) in [5.74, 6) is -4.59. The fraction of sp³-hybridized carbons (Fsp3) is 0.600. The van der Waals surface area contributed by atoms with Crippen molar-refractivity contribution in [1.29, 1.82) is 0 Å². The molecule has 23 heteroatoms. The second kappa shape index (κ2) is 33.5. The van der Waals surface area contributed by atoms with Crippen molar-refractivity contribution in [3.8, 4) is 5.75 Å². The molecule has 0 radical (unpaired) electrons. The second-order valence-corrected chi connectivity index (χ2v) is 26.3. The van der Waals surface area contributed by atoms with E-state index in [2.05, 4.69) is 32.3 Å². The molecule has 5 aliphatic heterocycles. The van der Waals surface area contributed by atoms with Gasteiger partial charge < -0.3 is 82.0 Å². The van der Waals surface area contributed by atoms with Crippen LogP contribution in [0.25, 0.3) is 0 Å². The fourth-order valence-electron chi connectivity index (χ4n) is 13.3. The average molecular weight is 1340 g/mol. The monoisotopic (exact) mass is 1330 g/mol. The molecule has 510 valence electrons. The molecule has 0 saturated carbocycles. The topological polar surface area (TPSA) is 242 Å². The van der Waals surface area contributed by atoms with Gasteiger partial charge >= 0.3 is 17.9 Å². The van der Waals surface area contributed by atoms with Crippen LogP contribution in [0.1, 0.15) is 97.6 Å². The van der Waals surface area contributed by atoms with Gasteiger partial charge in [-0.05, 0) is 80.8 Å². The zero-order chi connectivity index (χ0) is 68.4. The van der Waals surface area contributed by atoms with Crippen molar-refractivity contribution < 1.29 is 93.4 Å². The molecule has 0 bridgehead atoms. The van der Waals surface area contributed by atoms with Crippen LogP contribution in [0.15, 0.2) is 121 Å². The van der Waals surface area contributed by atoms with E-state index in [1.54, 1.807) is 67.6 Å². The molecule has 5 fully saturated rings. The molecule has 12 unspecified atom stereocenters. The summed E-state index contributed by atoms with van der Waals surface area (Å²) in [6, 6.07) is 34.6. The summed E-state index contributed by atoms with van der Waals surface area (Å²) >= 11 is 0. The van der Waals surface area contributed by atoms with Crippen LogP contribution in [-0.4, -0.2) is 171 Å². The van der Waals surface area contributed by atoms with Gasteiger partial charge in [-0.3, -0.25) is 9.59 Å². The van der Waals surface area contributed by atoms with Crippen molar-refractivity contribution in [1.82, 2.24) is 10.6 Å². The third kappa shape index (κ3) is 17.7. The first-order valence-electron chi connectivity index (χ1n) is 33.3. The van der Waals surface area contributed by atoms with E-state index in [0.717, 1.165) is 11.1 Å². The maximum absolute atomic E-state index is 13.9. The minimum atomic E-state index is -2.26. The van der Waals surface area contributed by atoms with Gasteiger partial charge in [-0.2, -0.15) is 0 Å². The smallest absolute Gasteiger partial charge is 0.343 e. The van der Waals surface area contributed by atoms with Crippen molar-refractivity contribution in [2.75, 3.05) is 25.8 Å². The number of carbonyl (C=O) groups is 4. The third-order valence-electron chi connectivity index (χ3n) is 19.0. The Morgan fingerprint density at radius 2 is 1.06 bits per heavy atom. The Hall–Kier alpha value is -4.74. The first kappa shape index (κ1) is 69.6. The number of aliphatic hydroxyl groups is 1. The predicted molar refractivity (Wildman–Crippen MR) is 349 cm³/mol. The molecule has 0 aromatic heterocycles. The zero-order valence-electron chi connectivity index (χ0n) is 57.0. The van der Waals surface area contributed by atoms with Crippen LogP contribution in [0, 0.1) is 35.5 Å². The summed E-state index contributed by atoms with van der Waals surface area (Å²) in [7, 11) is 5.15. The van der Waals surface area contributed by atoms with Crippen LogP contribution in [0.2, 0.25) is 2.82 Å². The number of nitrogens with one attached hydrogen (secondary N) is 2. The number of rotatable bonds is 26. The summed E-state index contributed by atoms with van der Waals surface area (Å²) in [6.45, 7) is 19.7. The second-order valence-electron chi connectivity index (χ2n) is 25.5. The summed E-state index contributed by atoms with van der Waals surface area (Å²) in [4.78, 5) is 54.0. The van der Waals surface area contributed by atoms with Crippen LogP contribution in [-0.2, 0) is 89.2 Å². The number of Topliss-reactive ketones (excluding diaryl/α,β-unsaturated/α-hetero) is 1. The van der Waals surface area contributed by atoms with Gasteiger partial charge in [-0.25, -0.2) is 9.59 Å². The Balaban J connectivity index is 1.05. The summed E-state index contributed by atoms with van der Waals surface area (Å²) in [5, 5.41) is 15.0. The SMILES string of the molecule is [3H]N(CP)C1[C@H](O[C@H]2C(CO[C@@H]3OC(COCc4ccccc4)[C@H](C)[C@H](C)C3OCc3ccccc3)O[C@@H](OC3[C@H](C)OC(C(=O)Oc4ccccc4)[C@@](C)(O)[C@@H]3OC(C)=O)C(N([3H])CP)[C@H]2C)OC(C)[C@H](O[C@@H]2OC(C(C)=O)[C@H](C)[C@H](C)C2OC(=O)c2ccccc2)[C@@H]1C. The Labute approximate surface area is 554 Å². The largest absolute Gasteiger partial charge is 0.456 e. The van der Waals surface area contributed by atoms with Crippen molar-refractivity contribution in [3.05, 3.63) is 138 Å². The highest BCUT2D eigenvalue weighted by molar-refractivity contribution is 7.16. The predicted octanol–water partition coefficient (Wildman–Crippen LogP) is 8.17. The van der Waals surface area contributed by atoms with E-state index in [0.29, 0.717) is 12.2 Å². The first-order chi connectivity index (χ1) is 45.4. The van der Waals surface area contributed by atoms with Crippen LogP contribution in [0.5, 0.6) is 5.75 Å². The molecule has 4 aromatic carbocycles. The molecule has 5 heterocycles. The molecular formula is C70H96N2O19P2. The van der Waals surface area contributed by atoms with Crippen LogP contribution in [0.4, 0.5) is 0 Å². The number of esters is 3. The first-order valence-corrected chi connectivity index (χ1v) is 34.0.